The second-order valence-electron chi connectivity index (χ2n) is 12.2. The van der Waals surface area contributed by atoms with Crippen LogP contribution in [0, 0.1) is 5.82 Å². The van der Waals surface area contributed by atoms with Crippen molar-refractivity contribution in [3.63, 3.8) is 0 Å². The second-order valence-corrected chi connectivity index (χ2v) is 12.2. The number of carbonyl (C=O) groups excluding carboxylic acids is 3. The molecule has 0 saturated carbocycles. The van der Waals surface area contributed by atoms with Crippen molar-refractivity contribution in [1.29, 1.82) is 0 Å². The van der Waals surface area contributed by atoms with E-state index in [1.165, 1.54) is 26.2 Å². The summed E-state index contributed by atoms with van der Waals surface area (Å²) in [4.78, 5) is 38.8. The van der Waals surface area contributed by atoms with Crippen molar-refractivity contribution in [3.05, 3.63) is 162 Å². The molecular weight excluding hydrogens is 665 g/mol. The molecule has 1 unspecified atom stereocenters. The lowest BCUT2D eigenvalue weighted by Gasteiger charge is -2.44. The fraction of sp³-hybridized carbons (Fsp3) is 0.214. The minimum atomic E-state index is -1.32. The summed E-state index contributed by atoms with van der Waals surface area (Å²) in [5.74, 6) is -1.62. The van der Waals surface area contributed by atoms with E-state index >= 15 is 0 Å². The van der Waals surface area contributed by atoms with E-state index in [0.717, 1.165) is 5.56 Å². The van der Waals surface area contributed by atoms with Crippen LogP contribution in [-0.2, 0) is 30.2 Å². The normalized spacial score (nSPS) is 19.6. The van der Waals surface area contributed by atoms with Gasteiger partial charge in [0, 0.05) is 20.6 Å². The van der Waals surface area contributed by atoms with E-state index in [1.54, 1.807) is 84.9 Å². The summed E-state index contributed by atoms with van der Waals surface area (Å²) in [6.45, 7) is 1.81. The smallest absolute Gasteiger partial charge is 0.338 e. The Morgan fingerprint density at radius 2 is 1.33 bits per heavy atom. The van der Waals surface area contributed by atoms with Gasteiger partial charge >= 0.3 is 11.9 Å². The molecule has 266 valence electrons. The molecule has 1 aliphatic heterocycles. The van der Waals surface area contributed by atoms with Crippen LogP contribution < -0.4 is 10.1 Å². The van der Waals surface area contributed by atoms with Crippen LogP contribution in [0.5, 0.6) is 5.75 Å². The Labute approximate surface area is 301 Å². The molecule has 9 nitrogen and oxygen atoms in total. The van der Waals surface area contributed by atoms with Gasteiger partial charge in [0.05, 0.1) is 11.1 Å². The molecule has 5 aromatic rings. The lowest BCUT2D eigenvalue weighted by Crippen LogP contribution is -2.59. The third-order valence-electron chi connectivity index (χ3n) is 8.64. The van der Waals surface area contributed by atoms with E-state index in [4.69, 9.17) is 23.7 Å². The zero-order chi connectivity index (χ0) is 36.5. The number of benzene rings is 5. The summed E-state index contributed by atoms with van der Waals surface area (Å²) in [5, 5.41) is 2.80. The van der Waals surface area contributed by atoms with Crippen molar-refractivity contribution >= 4 is 17.8 Å². The van der Waals surface area contributed by atoms with Crippen LogP contribution in [0.3, 0.4) is 0 Å². The molecule has 0 bridgehead atoms. The molecule has 1 saturated heterocycles. The van der Waals surface area contributed by atoms with Crippen LogP contribution in [0.4, 0.5) is 4.39 Å². The number of ether oxygens (including phenoxy) is 5. The predicted octanol–water partition coefficient (Wildman–Crippen LogP) is 7.11. The Kier molecular flexibility index (Phi) is 11.7. The molecule has 5 aromatic carbocycles. The topological polar surface area (TPSA) is 109 Å². The maximum absolute atomic E-state index is 14.5. The van der Waals surface area contributed by atoms with Gasteiger partial charge in [-0.15, -0.1) is 0 Å². The Bertz CT molecular complexity index is 1970. The van der Waals surface area contributed by atoms with Crippen molar-refractivity contribution in [2.24, 2.45) is 0 Å². The molecule has 1 N–H and O–H groups in total. The Hall–Kier alpha value is -5.84. The first kappa shape index (κ1) is 36.0. The fourth-order valence-corrected chi connectivity index (χ4v) is 6.14. The van der Waals surface area contributed by atoms with Crippen LogP contribution in [0.1, 0.15) is 44.9 Å². The van der Waals surface area contributed by atoms with Crippen LogP contribution in [0.2, 0.25) is 0 Å². The molecule has 52 heavy (non-hydrogen) atoms. The van der Waals surface area contributed by atoms with E-state index in [0.29, 0.717) is 41.0 Å². The highest BCUT2D eigenvalue weighted by Crippen LogP contribution is 2.39. The molecule has 10 heteroatoms. The number of hydrogen-bond donors (Lipinski definition) is 1. The first-order valence-corrected chi connectivity index (χ1v) is 16.9. The van der Waals surface area contributed by atoms with Gasteiger partial charge < -0.3 is 29.0 Å². The molecule has 6 rings (SSSR count). The monoisotopic (exact) mass is 703 g/mol. The SMILES string of the molecule is CO[C@@H]1[C@@H](OC(=O)c2ccccc2)[C@@H](OC(=O)c2ccccc2)C(Oc2ccc(CCNC(C)=O)c(-c3cccc(F)c3)c2)O[C@@H]1c1ccccc1. The van der Waals surface area contributed by atoms with Crippen molar-refractivity contribution in [2.75, 3.05) is 13.7 Å². The number of halogens is 1. The summed E-state index contributed by atoms with van der Waals surface area (Å²) in [6.07, 6.45) is -5.12. The third-order valence-corrected chi connectivity index (χ3v) is 8.64. The minimum Gasteiger partial charge on any atom is -0.461 e. The lowest BCUT2D eigenvalue weighted by molar-refractivity contribution is -0.278. The van der Waals surface area contributed by atoms with Gasteiger partial charge in [-0.2, -0.15) is 0 Å². The first-order valence-electron chi connectivity index (χ1n) is 16.9. The van der Waals surface area contributed by atoms with Crippen LogP contribution in [-0.4, -0.2) is 56.1 Å². The lowest BCUT2D eigenvalue weighted by atomic mass is 9.93. The van der Waals surface area contributed by atoms with Gasteiger partial charge in [-0.25, -0.2) is 14.0 Å². The summed E-state index contributed by atoms with van der Waals surface area (Å²) >= 11 is 0. The second kappa shape index (κ2) is 16.9. The summed E-state index contributed by atoms with van der Waals surface area (Å²) in [7, 11) is 1.47. The largest absolute Gasteiger partial charge is 0.461 e. The highest BCUT2D eigenvalue weighted by molar-refractivity contribution is 5.90. The highest BCUT2D eigenvalue weighted by Gasteiger charge is 2.52. The maximum Gasteiger partial charge on any atom is 0.338 e. The van der Waals surface area contributed by atoms with Gasteiger partial charge in [-0.3, -0.25) is 4.79 Å². The summed E-state index contributed by atoms with van der Waals surface area (Å²) in [5.41, 5.74) is 3.37. The van der Waals surface area contributed by atoms with Crippen molar-refractivity contribution < 1.29 is 42.5 Å². The Balaban J connectivity index is 1.42. The predicted molar refractivity (Wildman–Crippen MR) is 191 cm³/mol. The van der Waals surface area contributed by atoms with Gasteiger partial charge in [0.2, 0.25) is 18.3 Å². The molecule has 1 amide bonds. The molecule has 0 spiro atoms. The zero-order valence-corrected chi connectivity index (χ0v) is 28.6. The average Bonchev–Trinajstić information content (AvgIpc) is 3.17. The number of hydrogen-bond acceptors (Lipinski definition) is 8. The minimum absolute atomic E-state index is 0.164. The van der Waals surface area contributed by atoms with Gasteiger partial charge in [0.25, 0.3) is 0 Å². The van der Waals surface area contributed by atoms with Crippen LogP contribution in [0.25, 0.3) is 11.1 Å². The van der Waals surface area contributed by atoms with E-state index in [-0.39, 0.29) is 11.5 Å². The van der Waals surface area contributed by atoms with Gasteiger partial charge in [0.1, 0.15) is 23.8 Å². The number of esters is 2. The van der Waals surface area contributed by atoms with Gasteiger partial charge in [-0.05, 0) is 77.2 Å². The van der Waals surface area contributed by atoms with E-state index in [2.05, 4.69) is 5.32 Å². The van der Waals surface area contributed by atoms with E-state index < -0.39 is 48.5 Å². The molecule has 5 atom stereocenters. The van der Waals surface area contributed by atoms with Crippen molar-refractivity contribution in [1.82, 2.24) is 5.32 Å². The number of amides is 1. The third kappa shape index (κ3) is 8.71. The zero-order valence-electron chi connectivity index (χ0n) is 28.6. The summed E-state index contributed by atoms with van der Waals surface area (Å²) in [6, 6.07) is 37.6. The van der Waals surface area contributed by atoms with Gasteiger partial charge in [-0.1, -0.05) is 84.9 Å². The molecule has 1 fully saturated rings. The van der Waals surface area contributed by atoms with E-state index in [9.17, 15) is 18.8 Å². The molecule has 1 heterocycles. The number of methoxy groups -OCH3 is 1. The van der Waals surface area contributed by atoms with Gasteiger partial charge in [0.15, 0.2) is 6.10 Å². The molecule has 0 radical (unpaired) electrons. The Morgan fingerprint density at radius 3 is 1.92 bits per heavy atom. The number of rotatable bonds is 12. The van der Waals surface area contributed by atoms with Crippen molar-refractivity contribution in [2.45, 2.75) is 44.1 Å². The van der Waals surface area contributed by atoms with Crippen molar-refractivity contribution in [3.8, 4) is 16.9 Å². The number of carbonyl (C=O) groups is 3. The first-order chi connectivity index (χ1) is 25.3. The standard InChI is InChI=1S/C42H38FNO8/c1-27(45)44-24-23-28-21-22-34(26-35(28)32-19-12-20-33(43)25-32)49-42-39(51-41(47)31-17-10-5-11-18-31)38(50-40(46)30-15-8-4-9-16-30)37(48-2)36(52-42)29-13-6-3-7-14-29/h3-22,25-26,36-39,42H,23-24H2,1-2H3,(H,44,45)/t36-,37+,38-,39-,42?/m1/s1. The molecular formula is C42H38FNO8. The van der Waals surface area contributed by atoms with E-state index in [1.807, 2.05) is 36.4 Å². The van der Waals surface area contributed by atoms with Crippen LogP contribution >= 0.6 is 0 Å². The molecule has 1 aliphatic rings. The van der Waals surface area contributed by atoms with Crippen LogP contribution in [0.15, 0.2) is 133 Å². The highest BCUT2D eigenvalue weighted by atomic mass is 19.1. The molecule has 0 aliphatic carbocycles. The average molecular weight is 704 g/mol. The maximum atomic E-state index is 14.5. The molecule has 0 aromatic heterocycles. The summed E-state index contributed by atoms with van der Waals surface area (Å²) < 4.78 is 45.9. The number of nitrogens with one attached hydrogen (secondary N) is 1. The Morgan fingerprint density at radius 1 is 0.712 bits per heavy atom. The fourth-order valence-electron chi connectivity index (χ4n) is 6.14. The quantitative estimate of drug-likeness (QED) is 0.137.